The van der Waals surface area contributed by atoms with Gasteiger partial charge in [0, 0.05) is 19.2 Å². The molecule has 1 aromatic heterocycles. The van der Waals surface area contributed by atoms with Crippen molar-refractivity contribution in [3.05, 3.63) is 53.1 Å². The number of rotatable bonds is 1. The summed E-state index contributed by atoms with van der Waals surface area (Å²) in [6, 6.07) is 8.73. The van der Waals surface area contributed by atoms with E-state index in [2.05, 4.69) is 48.9 Å². The van der Waals surface area contributed by atoms with Crippen LogP contribution in [0.2, 0.25) is 0 Å². The predicted octanol–water partition coefficient (Wildman–Crippen LogP) is 3.15. The second kappa shape index (κ2) is 4.02. The van der Waals surface area contributed by atoms with Crippen LogP contribution in [0.15, 0.2) is 30.5 Å². The van der Waals surface area contributed by atoms with Crippen LogP contribution >= 0.6 is 0 Å². The molecule has 2 aromatic rings. The van der Waals surface area contributed by atoms with Crippen LogP contribution in [0.3, 0.4) is 0 Å². The van der Waals surface area contributed by atoms with Gasteiger partial charge in [-0.15, -0.1) is 0 Å². The highest BCUT2D eigenvalue weighted by molar-refractivity contribution is 5.32. The fraction of sp³-hybridized carbons (Fsp3) is 0.400. The lowest BCUT2D eigenvalue weighted by Crippen LogP contribution is -2.00. The summed E-state index contributed by atoms with van der Waals surface area (Å²) in [5.74, 6) is 1.74. The molecule has 0 bridgehead atoms. The number of aromatic nitrogens is 2. The molecule has 88 valence electrons. The molecule has 0 unspecified atom stereocenters. The van der Waals surface area contributed by atoms with Crippen molar-refractivity contribution in [1.82, 2.24) is 9.55 Å². The first-order chi connectivity index (χ1) is 8.24. The first-order valence-electron chi connectivity index (χ1n) is 6.37. The highest BCUT2D eigenvalue weighted by atomic mass is 15.1. The minimum absolute atomic E-state index is 0.518. The second-order valence-corrected chi connectivity index (χ2v) is 5.13. The number of nitrogens with zero attached hydrogens (tertiary/aromatic N) is 2. The van der Waals surface area contributed by atoms with Crippen molar-refractivity contribution in [2.24, 2.45) is 0 Å². The van der Waals surface area contributed by atoms with Gasteiger partial charge in [0.05, 0.1) is 5.69 Å². The molecule has 17 heavy (non-hydrogen) atoms. The van der Waals surface area contributed by atoms with E-state index in [1.54, 1.807) is 0 Å². The van der Waals surface area contributed by atoms with Crippen molar-refractivity contribution in [2.75, 3.05) is 0 Å². The Balaban J connectivity index is 2.01. The van der Waals surface area contributed by atoms with E-state index in [1.807, 2.05) is 0 Å². The normalized spacial score (nSPS) is 14.3. The van der Waals surface area contributed by atoms with Crippen LogP contribution < -0.4 is 0 Å². The van der Waals surface area contributed by atoms with Crippen LogP contribution in [0.4, 0.5) is 0 Å². The lowest BCUT2D eigenvalue weighted by Gasteiger charge is -2.03. The average molecular weight is 226 g/mol. The van der Waals surface area contributed by atoms with Gasteiger partial charge in [-0.05, 0) is 23.5 Å². The Labute approximate surface area is 102 Å². The van der Waals surface area contributed by atoms with Gasteiger partial charge in [-0.25, -0.2) is 4.98 Å². The van der Waals surface area contributed by atoms with Crippen molar-refractivity contribution in [3.8, 4) is 0 Å². The van der Waals surface area contributed by atoms with Crippen LogP contribution in [0.25, 0.3) is 0 Å². The van der Waals surface area contributed by atoms with Crippen LogP contribution in [-0.2, 0) is 19.4 Å². The van der Waals surface area contributed by atoms with Gasteiger partial charge in [-0.1, -0.05) is 38.1 Å². The molecule has 2 heteroatoms. The standard InChI is InChI=1S/C15H18N2/c1-11(2)14-10-17-8-7-12-5-3-4-6-13(12)9-15(17)16-14/h3-6,10-11H,7-9H2,1-2H3. The van der Waals surface area contributed by atoms with Gasteiger partial charge in [0.25, 0.3) is 0 Å². The number of hydrogen-bond donors (Lipinski definition) is 0. The summed E-state index contributed by atoms with van der Waals surface area (Å²) in [4.78, 5) is 4.77. The van der Waals surface area contributed by atoms with Gasteiger partial charge in [0.15, 0.2) is 0 Å². The van der Waals surface area contributed by atoms with Crippen LogP contribution in [-0.4, -0.2) is 9.55 Å². The Hall–Kier alpha value is -1.57. The quantitative estimate of drug-likeness (QED) is 0.730. The zero-order valence-electron chi connectivity index (χ0n) is 10.5. The maximum atomic E-state index is 4.77. The first-order valence-corrected chi connectivity index (χ1v) is 6.37. The van der Waals surface area contributed by atoms with Gasteiger partial charge < -0.3 is 4.57 Å². The molecule has 0 fully saturated rings. The lowest BCUT2D eigenvalue weighted by atomic mass is 10.0. The van der Waals surface area contributed by atoms with E-state index < -0.39 is 0 Å². The summed E-state index contributed by atoms with van der Waals surface area (Å²) in [5, 5.41) is 0. The Morgan fingerprint density at radius 2 is 1.94 bits per heavy atom. The minimum Gasteiger partial charge on any atom is -0.334 e. The molecule has 1 aromatic carbocycles. The van der Waals surface area contributed by atoms with Crippen molar-refractivity contribution < 1.29 is 0 Å². The summed E-state index contributed by atoms with van der Waals surface area (Å²) in [6.45, 7) is 5.47. The maximum Gasteiger partial charge on any atom is 0.113 e. The fourth-order valence-corrected chi connectivity index (χ4v) is 2.47. The highest BCUT2D eigenvalue weighted by Gasteiger charge is 2.16. The summed E-state index contributed by atoms with van der Waals surface area (Å²) in [6.07, 6.45) is 4.33. The van der Waals surface area contributed by atoms with E-state index in [1.165, 1.54) is 22.6 Å². The lowest BCUT2D eigenvalue weighted by molar-refractivity contribution is 0.680. The van der Waals surface area contributed by atoms with Crippen molar-refractivity contribution in [1.29, 1.82) is 0 Å². The molecule has 3 rings (SSSR count). The number of aryl methyl sites for hydroxylation is 2. The maximum absolute atomic E-state index is 4.77. The molecule has 0 aliphatic carbocycles. The third-order valence-electron chi connectivity index (χ3n) is 3.56. The summed E-state index contributed by atoms with van der Waals surface area (Å²) in [5.41, 5.74) is 4.13. The van der Waals surface area contributed by atoms with Gasteiger partial charge in [0.2, 0.25) is 0 Å². The third kappa shape index (κ3) is 1.88. The van der Waals surface area contributed by atoms with E-state index in [0.29, 0.717) is 5.92 Å². The Morgan fingerprint density at radius 1 is 1.18 bits per heavy atom. The zero-order valence-corrected chi connectivity index (χ0v) is 10.5. The molecule has 0 saturated heterocycles. The van der Waals surface area contributed by atoms with Gasteiger partial charge >= 0.3 is 0 Å². The molecular formula is C15H18N2. The van der Waals surface area contributed by atoms with E-state index in [4.69, 9.17) is 4.98 Å². The Kier molecular flexibility index (Phi) is 2.50. The van der Waals surface area contributed by atoms with Crippen LogP contribution in [0, 0.1) is 0 Å². The largest absolute Gasteiger partial charge is 0.334 e. The summed E-state index contributed by atoms with van der Waals surface area (Å²) < 4.78 is 2.33. The highest BCUT2D eigenvalue weighted by Crippen LogP contribution is 2.22. The number of hydrogen-bond acceptors (Lipinski definition) is 1. The molecule has 0 amide bonds. The molecule has 1 aliphatic rings. The third-order valence-corrected chi connectivity index (χ3v) is 3.56. The predicted molar refractivity (Wildman–Crippen MR) is 69.3 cm³/mol. The Bertz CT molecular complexity index is 538. The molecule has 0 spiro atoms. The van der Waals surface area contributed by atoms with Gasteiger partial charge in [-0.3, -0.25) is 0 Å². The smallest absolute Gasteiger partial charge is 0.113 e. The molecule has 2 heterocycles. The van der Waals surface area contributed by atoms with Gasteiger partial charge in [0.1, 0.15) is 5.82 Å². The van der Waals surface area contributed by atoms with Crippen molar-refractivity contribution in [3.63, 3.8) is 0 Å². The van der Waals surface area contributed by atoms with Crippen LogP contribution in [0.1, 0.15) is 42.4 Å². The summed E-state index contributed by atoms with van der Waals surface area (Å²) >= 11 is 0. The van der Waals surface area contributed by atoms with Crippen LogP contribution in [0.5, 0.6) is 0 Å². The fourth-order valence-electron chi connectivity index (χ4n) is 2.47. The second-order valence-electron chi connectivity index (χ2n) is 5.13. The molecule has 1 aliphatic heterocycles. The van der Waals surface area contributed by atoms with Gasteiger partial charge in [-0.2, -0.15) is 0 Å². The van der Waals surface area contributed by atoms with E-state index in [9.17, 15) is 0 Å². The average Bonchev–Trinajstić information content (AvgIpc) is 2.64. The summed E-state index contributed by atoms with van der Waals surface area (Å²) in [7, 11) is 0. The molecule has 0 saturated carbocycles. The molecule has 0 N–H and O–H groups in total. The zero-order chi connectivity index (χ0) is 11.8. The monoisotopic (exact) mass is 226 g/mol. The van der Waals surface area contributed by atoms with Crippen molar-refractivity contribution in [2.45, 2.75) is 39.2 Å². The Morgan fingerprint density at radius 3 is 2.71 bits per heavy atom. The van der Waals surface area contributed by atoms with E-state index in [0.717, 1.165) is 19.4 Å². The number of benzene rings is 1. The first kappa shape index (κ1) is 10.6. The topological polar surface area (TPSA) is 17.8 Å². The van der Waals surface area contributed by atoms with E-state index >= 15 is 0 Å². The molecule has 0 atom stereocenters. The molecule has 2 nitrogen and oxygen atoms in total. The SMILES string of the molecule is CC(C)c1cn2c(n1)Cc1ccccc1CC2. The number of imidazole rings is 1. The minimum atomic E-state index is 0.518. The molecular weight excluding hydrogens is 208 g/mol. The molecule has 0 radical (unpaired) electrons. The number of fused-ring (bicyclic) bond motifs is 2. The van der Waals surface area contributed by atoms with E-state index in [-0.39, 0.29) is 0 Å². The van der Waals surface area contributed by atoms with Crippen molar-refractivity contribution >= 4 is 0 Å².